The fraction of sp³-hybridized carbons (Fsp3) is 0.259. The van der Waals surface area contributed by atoms with E-state index in [1.165, 1.54) is 29.2 Å². The van der Waals surface area contributed by atoms with Crippen molar-refractivity contribution in [2.75, 3.05) is 17.4 Å². The van der Waals surface area contributed by atoms with Crippen LogP contribution in [-0.4, -0.2) is 44.3 Å². The van der Waals surface area contributed by atoms with Gasteiger partial charge in [0.15, 0.2) is 0 Å². The lowest BCUT2D eigenvalue weighted by Crippen LogP contribution is -2.51. The van der Waals surface area contributed by atoms with Crippen LogP contribution in [0.15, 0.2) is 71.6 Å². The molecule has 3 aromatic carbocycles. The second-order valence-electron chi connectivity index (χ2n) is 8.54. The van der Waals surface area contributed by atoms with Crippen LogP contribution in [0.2, 0.25) is 15.1 Å². The number of sulfonamides is 1. The molecule has 7 nitrogen and oxygen atoms in total. The van der Waals surface area contributed by atoms with Crippen LogP contribution < -0.4 is 9.62 Å². The Morgan fingerprint density at radius 2 is 1.53 bits per heavy atom. The maximum Gasteiger partial charge on any atom is 0.264 e. The first-order chi connectivity index (χ1) is 18.0. The van der Waals surface area contributed by atoms with Crippen LogP contribution in [0.3, 0.4) is 0 Å². The molecule has 0 radical (unpaired) electrons. The van der Waals surface area contributed by atoms with E-state index in [0.29, 0.717) is 38.4 Å². The third-order valence-corrected chi connectivity index (χ3v) is 8.71. The van der Waals surface area contributed by atoms with Gasteiger partial charge in [-0.3, -0.25) is 13.9 Å². The number of rotatable bonds is 10. The lowest BCUT2D eigenvalue weighted by molar-refractivity contribution is -0.139. The first kappa shape index (κ1) is 29.8. The number of nitrogens with zero attached hydrogens (tertiary/aromatic N) is 2. The van der Waals surface area contributed by atoms with E-state index in [4.69, 9.17) is 34.8 Å². The van der Waals surface area contributed by atoms with Crippen molar-refractivity contribution in [1.82, 2.24) is 10.2 Å². The minimum Gasteiger partial charge on any atom is -0.355 e. The van der Waals surface area contributed by atoms with Crippen molar-refractivity contribution in [3.05, 3.63) is 92.9 Å². The molecule has 0 aliphatic heterocycles. The van der Waals surface area contributed by atoms with Gasteiger partial charge in [-0.1, -0.05) is 59.1 Å². The molecule has 3 rings (SSSR count). The quantitative estimate of drug-likeness (QED) is 0.325. The molecule has 3 aromatic rings. The van der Waals surface area contributed by atoms with Crippen LogP contribution in [0.25, 0.3) is 0 Å². The number of nitrogens with one attached hydrogen (secondary N) is 1. The lowest BCUT2D eigenvalue weighted by Gasteiger charge is -2.32. The van der Waals surface area contributed by atoms with E-state index in [2.05, 4.69) is 5.32 Å². The van der Waals surface area contributed by atoms with Crippen LogP contribution in [0.1, 0.15) is 25.0 Å². The summed E-state index contributed by atoms with van der Waals surface area (Å²) in [6.07, 6.45) is 0. The van der Waals surface area contributed by atoms with Gasteiger partial charge in [0.25, 0.3) is 10.0 Å². The Hall–Kier alpha value is -2.78. The zero-order valence-corrected chi connectivity index (χ0v) is 24.2. The summed E-state index contributed by atoms with van der Waals surface area (Å²) < 4.78 is 28.7. The first-order valence-electron chi connectivity index (χ1n) is 11.8. The molecule has 0 fully saturated rings. The Bertz CT molecular complexity index is 1400. The maximum atomic E-state index is 13.9. The molecule has 0 spiro atoms. The molecule has 0 bridgehead atoms. The molecule has 0 saturated carbocycles. The molecule has 0 heterocycles. The van der Waals surface area contributed by atoms with E-state index < -0.39 is 34.4 Å². The van der Waals surface area contributed by atoms with Crippen molar-refractivity contribution in [2.45, 2.75) is 38.3 Å². The van der Waals surface area contributed by atoms with Gasteiger partial charge in [0.2, 0.25) is 11.8 Å². The number of carbonyl (C=O) groups excluding carboxylic acids is 2. The van der Waals surface area contributed by atoms with Gasteiger partial charge in [-0.05, 0) is 68.8 Å². The molecular formula is C27H28Cl3N3O4S. The van der Waals surface area contributed by atoms with Gasteiger partial charge < -0.3 is 10.2 Å². The van der Waals surface area contributed by atoms with Gasteiger partial charge in [0.1, 0.15) is 12.6 Å². The van der Waals surface area contributed by atoms with Gasteiger partial charge in [-0.2, -0.15) is 0 Å². The highest BCUT2D eigenvalue weighted by atomic mass is 35.5. The average molecular weight is 597 g/mol. The van der Waals surface area contributed by atoms with Crippen molar-refractivity contribution in [2.24, 2.45) is 0 Å². The minimum absolute atomic E-state index is 0.0320. The summed E-state index contributed by atoms with van der Waals surface area (Å²) in [5.74, 6) is -1.01. The number of hydrogen-bond acceptors (Lipinski definition) is 4. The van der Waals surface area contributed by atoms with E-state index >= 15 is 0 Å². The second-order valence-corrected chi connectivity index (χ2v) is 11.7. The SMILES string of the molecule is CCNC(=O)C(C)N(Cc1c(Cl)cccc1Cl)C(=O)CN(c1ccccc1C)S(=O)(=O)c1ccc(Cl)cc1. The van der Waals surface area contributed by atoms with Crippen LogP contribution in [0.5, 0.6) is 0 Å². The van der Waals surface area contributed by atoms with Gasteiger partial charge >= 0.3 is 0 Å². The van der Waals surface area contributed by atoms with E-state index in [-0.39, 0.29) is 11.4 Å². The zero-order valence-electron chi connectivity index (χ0n) is 21.1. The third kappa shape index (κ3) is 6.80. The average Bonchev–Trinajstić information content (AvgIpc) is 2.87. The van der Waals surface area contributed by atoms with Crippen molar-refractivity contribution in [1.29, 1.82) is 0 Å². The summed E-state index contributed by atoms with van der Waals surface area (Å²) >= 11 is 18.7. The number of aryl methyl sites for hydroxylation is 1. The summed E-state index contributed by atoms with van der Waals surface area (Å²) in [5.41, 5.74) is 1.43. The maximum absolute atomic E-state index is 13.9. The summed E-state index contributed by atoms with van der Waals surface area (Å²) in [6, 6.07) is 16.5. The highest BCUT2D eigenvalue weighted by Crippen LogP contribution is 2.30. The molecule has 0 aliphatic carbocycles. The molecule has 2 amide bonds. The molecule has 11 heteroatoms. The number of likely N-dealkylation sites (N-methyl/N-ethyl adjacent to an activating group) is 1. The first-order valence-corrected chi connectivity index (χ1v) is 14.4. The number of carbonyl (C=O) groups is 2. The zero-order chi connectivity index (χ0) is 28.0. The van der Waals surface area contributed by atoms with Crippen molar-refractivity contribution >= 4 is 62.3 Å². The van der Waals surface area contributed by atoms with Crippen molar-refractivity contribution in [3.63, 3.8) is 0 Å². The highest BCUT2D eigenvalue weighted by molar-refractivity contribution is 7.92. The molecule has 1 unspecified atom stereocenters. The summed E-state index contributed by atoms with van der Waals surface area (Å²) in [4.78, 5) is 27.9. The summed E-state index contributed by atoms with van der Waals surface area (Å²) in [5, 5.41) is 3.73. The Morgan fingerprint density at radius 1 is 0.921 bits per heavy atom. The molecule has 202 valence electrons. The number of anilines is 1. The topological polar surface area (TPSA) is 86.8 Å². The number of para-hydroxylation sites is 1. The van der Waals surface area contributed by atoms with Gasteiger partial charge in [0, 0.05) is 33.7 Å². The van der Waals surface area contributed by atoms with Gasteiger partial charge in [-0.25, -0.2) is 8.42 Å². The largest absolute Gasteiger partial charge is 0.355 e. The monoisotopic (exact) mass is 595 g/mol. The van der Waals surface area contributed by atoms with E-state index in [1.54, 1.807) is 63.2 Å². The molecule has 0 aromatic heterocycles. The van der Waals surface area contributed by atoms with E-state index in [9.17, 15) is 18.0 Å². The normalized spacial score (nSPS) is 12.1. The van der Waals surface area contributed by atoms with Crippen molar-refractivity contribution < 1.29 is 18.0 Å². The minimum atomic E-state index is -4.19. The predicted octanol–water partition coefficient (Wildman–Crippen LogP) is 5.70. The van der Waals surface area contributed by atoms with Crippen LogP contribution in [-0.2, 0) is 26.2 Å². The Labute approximate surface area is 238 Å². The van der Waals surface area contributed by atoms with Gasteiger partial charge in [-0.15, -0.1) is 0 Å². The van der Waals surface area contributed by atoms with E-state index in [1.807, 2.05) is 0 Å². The number of benzene rings is 3. The second kappa shape index (κ2) is 12.8. The predicted molar refractivity (Wildman–Crippen MR) is 152 cm³/mol. The Morgan fingerprint density at radius 3 is 2.11 bits per heavy atom. The number of hydrogen-bond donors (Lipinski definition) is 1. The molecule has 0 saturated heterocycles. The standard InChI is InChI=1S/C27H28Cl3N3O4S/c1-4-31-27(35)19(3)32(16-22-23(29)9-7-10-24(22)30)26(34)17-33(25-11-6-5-8-18(25)2)38(36,37)21-14-12-20(28)13-15-21/h5-15,19H,4,16-17H2,1-3H3,(H,31,35). The molecule has 0 aliphatic rings. The molecule has 1 N–H and O–H groups in total. The van der Waals surface area contributed by atoms with Crippen LogP contribution in [0, 0.1) is 6.92 Å². The van der Waals surface area contributed by atoms with Crippen molar-refractivity contribution in [3.8, 4) is 0 Å². The number of amides is 2. The lowest BCUT2D eigenvalue weighted by atomic mass is 10.1. The smallest absolute Gasteiger partial charge is 0.264 e. The third-order valence-electron chi connectivity index (χ3n) is 5.97. The molecule has 1 atom stereocenters. The summed E-state index contributed by atoms with van der Waals surface area (Å²) in [7, 11) is -4.19. The summed E-state index contributed by atoms with van der Waals surface area (Å²) in [6.45, 7) is 4.78. The van der Waals surface area contributed by atoms with Crippen LogP contribution in [0.4, 0.5) is 5.69 Å². The highest BCUT2D eigenvalue weighted by Gasteiger charge is 2.33. The Balaban J connectivity index is 2.08. The number of halogens is 3. The molecular weight excluding hydrogens is 569 g/mol. The van der Waals surface area contributed by atoms with Gasteiger partial charge in [0.05, 0.1) is 10.6 Å². The van der Waals surface area contributed by atoms with E-state index in [0.717, 1.165) is 4.31 Å². The fourth-order valence-corrected chi connectivity index (χ4v) is 5.97. The van der Waals surface area contributed by atoms with Crippen LogP contribution >= 0.6 is 34.8 Å². The fourth-order valence-electron chi connectivity index (χ4n) is 3.85. The Kier molecular flexibility index (Phi) is 10.1. The molecule has 38 heavy (non-hydrogen) atoms.